The Hall–Kier alpha value is -1.08. The van der Waals surface area contributed by atoms with Gasteiger partial charge in [-0.05, 0) is 36.4 Å². The summed E-state index contributed by atoms with van der Waals surface area (Å²) >= 11 is 8.84. The topological polar surface area (TPSA) is 47.0 Å². The molecule has 0 fully saturated rings. The zero-order valence-electron chi connectivity index (χ0n) is 11.4. The van der Waals surface area contributed by atoms with E-state index in [1.807, 2.05) is 24.3 Å². The first-order valence-corrected chi connectivity index (χ1v) is 10.3. The summed E-state index contributed by atoms with van der Waals surface area (Å²) in [4.78, 5) is 4.79. The highest BCUT2D eigenvalue weighted by atomic mass is 35.5. The van der Waals surface area contributed by atoms with Gasteiger partial charge in [0, 0.05) is 10.8 Å². The lowest BCUT2D eigenvalue weighted by Gasteiger charge is -2.03. The van der Waals surface area contributed by atoms with Crippen LogP contribution in [0.3, 0.4) is 0 Å². The summed E-state index contributed by atoms with van der Waals surface area (Å²) in [5.41, 5.74) is 0.954. The van der Waals surface area contributed by atoms with Gasteiger partial charge in [-0.1, -0.05) is 35.5 Å². The minimum absolute atomic E-state index is 0.0786. The van der Waals surface area contributed by atoms with Gasteiger partial charge < -0.3 is 0 Å². The van der Waals surface area contributed by atoms with E-state index in [-0.39, 0.29) is 5.75 Å². The molecule has 3 aromatic rings. The van der Waals surface area contributed by atoms with Crippen molar-refractivity contribution in [1.82, 2.24) is 4.98 Å². The number of hydrogen-bond donors (Lipinski definition) is 0. The second kappa shape index (κ2) is 6.58. The van der Waals surface area contributed by atoms with Crippen molar-refractivity contribution < 1.29 is 8.42 Å². The summed E-state index contributed by atoms with van der Waals surface area (Å²) in [6.07, 6.45) is 0. The predicted octanol–water partition coefficient (Wildman–Crippen LogP) is 4.52. The molecular formula is C15H12ClNO2S3. The van der Waals surface area contributed by atoms with Crippen LogP contribution in [0.15, 0.2) is 57.8 Å². The minimum atomic E-state index is -3.28. The number of benzene rings is 2. The molecule has 0 radical (unpaired) electrons. The van der Waals surface area contributed by atoms with Crippen molar-refractivity contribution >= 4 is 54.8 Å². The van der Waals surface area contributed by atoms with Crippen LogP contribution in [0.4, 0.5) is 0 Å². The van der Waals surface area contributed by atoms with Crippen LogP contribution in [0.2, 0.25) is 5.02 Å². The number of thiazole rings is 1. The van der Waals surface area contributed by atoms with E-state index >= 15 is 0 Å². The quantitative estimate of drug-likeness (QED) is 0.620. The number of halogens is 1. The van der Waals surface area contributed by atoms with Gasteiger partial charge in [0.25, 0.3) is 0 Å². The Bertz CT molecular complexity index is 856. The van der Waals surface area contributed by atoms with E-state index in [0.717, 1.165) is 14.6 Å². The maximum Gasteiger partial charge on any atom is 0.179 e. The molecule has 1 heterocycles. The summed E-state index contributed by atoms with van der Waals surface area (Å²) in [6, 6.07) is 14.2. The van der Waals surface area contributed by atoms with Crippen LogP contribution in [0.5, 0.6) is 0 Å². The average Bonchev–Trinajstić information content (AvgIpc) is 2.90. The van der Waals surface area contributed by atoms with Crippen molar-refractivity contribution in [3.8, 4) is 0 Å². The Morgan fingerprint density at radius 2 is 1.82 bits per heavy atom. The van der Waals surface area contributed by atoms with E-state index in [1.165, 1.54) is 11.8 Å². The number of fused-ring (bicyclic) bond motifs is 1. The fraction of sp³-hybridized carbons (Fsp3) is 0.133. The number of thioether (sulfide) groups is 1. The molecule has 7 heteroatoms. The van der Waals surface area contributed by atoms with Gasteiger partial charge in [0.2, 0.25) is 0 Å². The first-order valence-electron chi connectivity index (χ1n) is 6.51. The molecule has 0 spiro atoms. The van der Waals surface area contributed by atoms with Gasteiger partial charge in [-0.25, -0.2) is 13.4 Å². The van der Waals surface area contributed by atoms with Crippen LogP contribution < -0.4 is 0 Å². The second-order valence-electron chi connectivity index (χ2n) is 4.57. The summed E-state index contributed by atoms with van der Waals surface area (Å²) in [6.45, 7) is 0. The Balaban J connectivity index is 1.65. The lowest BCUT2D eigenvalue weighted by Crippen LogP contribution is -2.08. The van der Waals surface area contributed by atoms with Crippen molar-refractivity contribution in [3.05, 3.63) is 53.6 Å². The predicted molar refractivity (Wildman–Crippen MR) is 93.8 cm³/mol. The van der Waals surface area contributed by atoms with Crippen molar-refractivity contribution in [2.75, 3.05) is 11.5 Å². The highest BCUT2D eigenvalue weighted by Gasteiger charge is 2.15. The van der Waals surface area contributed by atoms with Crippen molar-refractivity contribution in [2.45, 2.75) is 9.24 Å². The van der Waals surface area contributed by atoms with E-state index in [9.17, 15) is 8.42 Å². The molecular weight excluding hydrogens is 358 g/mol. The molecule has 0 N–H and O–H groups in total. The number of hydrogen-bond acceptors (Lipinski definition) is 5. The van der Waals surface area contributed by atoms with Crippen molar-refractivity contribution in [1.29, 1.82) is 0 Å². The molecule has 0 bridgehead atoms. The lowest BCUT2D eigenvalue weighted by molar-refractivity contribution is 0.597. The number of nitrogens with zero attached hydrogens (tertiary/aromatic N) is 1. The summed E-state index contributed by atoms with van der Waals surface area (Å²) in [7, 11) is -3.28. The Kier molecular flexibility index (Phi) is 4.73. The van der Waals surface area contributed by atoms with E-state index < -0.39 is 9.84 Å². The monoisotopic (exact) mass is 369 g/mol. The Labute approximate surface area is 142 Å². The number of para-hydroxylation sites is 1. The zero-order chi connectivity index (χ0) is 15.6. The standard InChI is InChI=1S/C15H12ClNO2S3/c16-11-5-7-12(8-6-11)22(18,19)10-9-20-15-17-13-3-1-2-4-14(13)21-15/h1-8H,9-10H2. The smallest absolute Gasteiger partial charge is 0.179 e. The van der Waals surface area contributed by atoms with E-state index in [4.69, 9.17) is 11.6 Å². The first-order chi connectivity index (χ1) is 10.5. The average molecular weight is 370 g/mol. The molecule has 114 valence electrons. The maximum absolute atomic E-state index is 12.2. The van der Waals surface area contributed by atoms with E-state index in [1.54, 1.807) is 35.6 Å². The molecule has 0 amide bonds. The van der Waals surface area contributed by atoms with Crippen molar-refractivity contribution in [2.24, 2.45) is 0 Å². The fourth-order valence-electron chi connectivity index (χ4n) is 1.91. The lowest BCUT2D eigenvalue weighted by atomic mass is 10.3. The second-order valence-corrected chi connectivity index (χ2v) is 9.49. The molecule has 0 saturated heterocycles. The van der Waals surface area contributed by atoms with Gasteiger partial charge in [0.15, 0.2) is 14.2 Å². The molecule has 3 rings (SSSR count). The van der Waals surface area contributed by atoms with Gasteiger partial charge in [-0.2, -0.15) is 0 Å². The van der Waals surface area contributed by atoms with Crippen LogP contribution in [-0.2, 0) is 9.84 Å². The fourth-order valence-corrected chi connectivity index (χ4v) is 5.82. The van der Waals surface area contributed by atoms with Crippen LogP contribution in [0.1, 0.15) is 0 Å². The molecule has 0 aliphatic rings. The summed E-state index contributed by atoms with van der Waals surface area (Å²) in [5, 5.41) is 0.530. The molecule has 0 unspecified atom stereocenters. The number of aromatic nitrogens is 1. The summed E-state index contributed by atoms with van der Waals surface area (Å²) in [5.74, 6) is 0.556. The third-order valence-electron chi connectivity index (χ3n) is 3.02. The molecule has 1 aromatic heterocycles. The zero-order valence-corrected chi connectivity index (χ0v) is 14.6. The van der Waals surface area contributed by atoms with Crippen LogP contribution in [0, 0.1) is 0 Å². The highest BCUT2D eigenvalue weighted by molar-refractivity contribution is 8.02. The maximum atomic E-state index is 12.2. The van der Waals surface area contributed by atoms with Crippen LogP contribution in [0.25, 0.3) is 10.2 Å². The number of sulfone groups is 1. The van der Waals surface area contributed by atoms with E-state index in [2.05, 4.69) is 4.98 Å². The van der Waals surface area contributed by atoms with Crippen molar-refractivity contribution in [3.63, 3.8) is 0 Å². The minimum Gasteiger partial charge on any atom is -0.230 e. The SMILES string of the molecule is O=S(=O)(CCSc1nc2ccccc2s1)c1ccc(Cl)cc1. The third-order valence-corrected chi connectivity index (χ3v) is 7.45. The van der Waals surface area contributed by atoms with Gasteiger partial charge in [-0.3, -0.25) is 0 Å². The Morgan fingerprint density at radius 1 is 1.09 bits per heavy atom. The van der Waals surface area contributed by atoms with Gasteiger partial charge >= 0.3 is 0 Å². The Morgan fingerprint density at radius 3 is 2.55 bits per heavy atom. The van der Waals surface area contributed by atoms with Crippen LogP contribution >= 0.6 is 34.7 Å². The van der Waals surface area contributed by atoms with E-state index in [0.29, 0.717) is 15.7 Å². The normalized spacial score (nSPS) is 11.9. The van der Waals surface area contributed by atoms with Gasteiger partial charge in [0.05, 0.1) is 20.9 Å². The third kappa shape index (κ3) is 3.63. The molecule has 3 nitrogen and oxygen atoms in total. The van der Waals surface area contributed by atoms with Crippen LogP contribution in [-0.4, -0.2) is 24.9 Å². The summed E-state index contributed by atoms with van der Waals surface area (Å²) < 4.78 is 26.5. The molecule has 2 aromatic carbocycles. The highest BCUT2D eigenvalue weighted by Crippen LogP contribution is 2.29. The molecule has 0 atom stereocenters. The molecule has 22 heavy (non-hydrogen) atoms. The first kappa shape index (κ1) is 15.8. The number of rotatable bonds is 5. The molecule has 0 aliphatic carbocycles. The van der Waals surface area contributed by atoms with Gasteiger partial charge in [0.1, 0.15) is 0 Å². The molecule has 0 aliphatic heterocycles. The molecule has 0 saturated carbocycles. The van der Waals surface area contributed by atoms with Gasteiger partial charge in [-0.15, -0.1) is 11.3 Å². The largest absolute Gasteiger partial charge is 0.230 e.